The maximum absolute atomic E-state index is 12.8. The number of hydrogen-bond acceptors (Lipinski definition) is 4. The Morgan fingerprint density at radius 1 is 1.11 bits per heavy atom. The highest BCUT2D eigenvalue weighted by Gasteiger charge is 2.38. The summed E-state index contributed by atoms with van der Waals surface area (Å²) >= 11 is 0. The second-order valence-corrected chi connectivity index (χ2v) is 8.78. The highest BCUT2D eigenvalue weighted by Crippen LogP contribution is 2.25. The number of rotatable bonds is 5. The van der Waals surface area contributed by atoms with Crippen molar-refractivity contribution in [2.24, 2.45) is 5.41 Å². The number of carbonyl (C=O) groups is 2. The molecule has 2 amide bonds. The van der Waals surface area contributed by atoms with E-state index in [9.17, 15) is 9.59 Å². The van der Waals surface area contributed by atoms with Gasteiger partial charge in [-0.15, -0.1) is 0 Å². The molecule has 154 valence electrons. The van der Waals surface area contributed by atoms with E-state index in [0.717, 1.165) is 51.3 Å². The standard InChI is InChI=1S/C22H33N3O3/c1-22(2,3)21(27)25-10-6-9-19(25)20(26)23-15-17-7-4-5-8-18(17)16-24-11-13-28-14-12-24/h4-5,7-8,19H,6,9-16H2,1-3H3,(H,23,26). The highest BCUT2D eigenvalue weighted by molar-refractivity contribution is 5.90. The van der Waals surface area contributed by atoms with Gasteiger partial charge in [-0.25, -0.2) is 0 Å². The van der Waals surface area contributed by atoms with Crippen LogP contribution in [0.15, 0.2) is 24.3 Å². The first-order valence-corrected chi connectivity index (χ1v) is 10.3. The Bertz CT molecular complexity index is 693. The SMILES string of the molecule is CC(C)(C)C(=O)N1CCCC1C(=O)NCc1ccccc1CN1CCOCC1. The van der Waals surface area contributed by atoms with E-state index >= 15 is 0 Å². The minimum atomic E-state index is -0.465. The molecular weight excluding hydrogens is 354 g/mol. The van der Waals surface area contributed by atoms with Gasteiger partial charge >= 0.3 is 0 Å². The quantitative estimate of drug-likeness (QED) is 0.841. The predicted octanol–water partition coefficient (Wildman–Crippen LogP) is 2.17. The molecule has 0 bridgehead atoms. The van der Waals surface area contributed by atoms with Gasteiger partial charge in [0, 0.05) is 38.1 Å². The molecule has 28 heavy (non-hydrogen) atoms. The number of ether oxygens (including phenoxy) is 1. The molecule has 6 heteroatoms. The van der Waals surface area contributed by atoms with Crippen molar-refractivity contribution >= 4 is 11.8 Å². The summed E-state index contributed by atoms with van der Waals surface area (Å²) in [7, 11) is 0. The van der Waals surface area contributed by atoms with E-state index in [4.69, 9.17) is 4.74 Å². The summed E-state index contributed by atoms with van der Waals surface area (Å²) in [6.07, 6.45) is 1.62. The van der Waals surface area contributed by atoms with Crippen molar-refractivity contribution in [2.45, 2.75) is 52.7 Å². The van der Waals surface area contributed by atoms with E-state index in [1.54, 1.807) is 4.90 Å². The van der Waals surface area contributed by atoms with E-state index in [-0.39, 0.29) is 17.9 Å². The van der Waals surface area contributed by atoms with Crippen LogP contribution in [-0.4, -0.2) is 60.5 Å². The Kier molecular flexibility index (Phi) is 6.73. The third-order valence-electron chi connectivity index (χ3n) is 5.53. The van der Waals surface area contributed by atoms with Gasteiger partial charge in [-0.05, 0) is 24.0 Å². The largest absolute Gasteiger partial charge is 0.379 e. The monoisotopic (exact) mass is 387 g/mol. The summed E-state index contributed by atoms with van der Waals surface area (Å²) in [6, 6.07) is 7.90. The lowest BCUT2D eigenvalue weighted by Gasteiger charge is -2.30. The molecule has 1 unspecified atom stereocenters. The fourth-order valence-electron chi connectivity index (χ4n) is 3.90. The van der Waals surface area contributed by atoms with Crippen LogP contribution in [0.3, 0.4) is 0 Å². The van der Waals surface area contributed by atoms with Gasteiger partial charge in [0.05, 0.1) is 13.2 Å². The molecule has 2 saturated heterocycles. The Hall–Kier alpha value is -1.92. The summed E-state index contributed by atoms with van der Waals surface area (Å²) in [4.78, 5) is 29.6. The zero-order chi connectivity index (χ0) is 20.1. The van der Waals surface area contributed by atoms with Gasteiger partial charge < -0.3 is 15.0 Å². The van der Waals surface area contributed by atoms with E-state index < -0.39 is 5.41 Å². The minimum absolute atomic E-state index is 0.0451. The number of morpholine rings is 1. The molecule has 6 nitrogen and oxygen atoms in total. The average Bonchev–Trinajstić information content (AvgIpc) is 3.16. The van der Waals surface area contributed by atoms with Crippen LogP contribution in [0.2, 0.25) is 0 Å². The molecule has 1 atom stereocenters. The molecule has 3 rings (SSSR count). The second kappa shape index (κ2) is 9.05. The van der Waals surface area contributed by atoms with Gasteiger partial charge in [-0.3, -0.25) is 14.5 Å². The Morgan fingerprint density at radius 3 is 2.46 bits per heavy atom. The first-order valence-electron chi connectivity index (χ1n) is 10.3. The summed E-state index contributed by atoms with van der Waals surface area (Å²) in [5, 5.41) is 3.08. The zero-order valence-electron chi connectivity index (χ0n) is 17.4. The number of carbonyl (C=O) groups excluding carboxylic acids is 2. The van der Waals surface area contributed by atoms with E-state index in [1.807, 2.05) is 32.9 Å². The van der Waals surface area contributed by atoms with Crippen molar-refractivity contribution in [1.29, 1.82) is 0 Å². The average molecular weight is 388 g/mol. The van der Waals surface area contributed by atoms with Gasteiger partial charge in [-0.2, -0.15) is 0 Å². The van der Waals surface area contributed by atoms with Gasteiger partial charge in [0.2, 0.25) is 11.8 Å². The zero-order valence-corrected chi connectivity index (χ0v) is 17.4. The molecule has 2 heterocycles. The third kappa shape index (κ3) is 5.11. The number of likely N-dealkylation sites (tertiary alicyclic amines) is 1. The van der Waals surface area contributed by atoms with Crippen LogP contribution in [0.5, 0.6) is 0 Å². The highest BCUT2D eigenvalue weighted by atomic mass is 16.5. The first kappa shape index (κ1) is 20.8. The maximum Gasteiger partial charge on any atom is 0.243 e. The topological polar surface area (TPSA) is 61.9 Å². The van der Waals surface area contributed by atoms with Crippen LogP contribution in [-0.2, 0) is 27.4 Å². The summed E-state index contributed by atoms with van der Waals surface area (Å²) in [5.41, 5.74) is 1.90. The fraction of sp³-hybridized carbons (Fsp3) is 0.636. The minimum Gasteiger partial charge on any atom is -0.379 e. The summed E-state index contributed by atoms with van der Waals surface area (Å²) < 4.78 is 5.43. The van der Waals surface area contributed by atoms with E-state index in [0.29, 0.717) is 13.1 Å². The van der Waals surface area contributed by atoms with Crippen molar-refractivity contribution in [3.05, 3.63) is 35.4 Å². The van der Waals surface area contributed by atoms with Crippen molar-refractivity contribution in [2.75, 3.05) is 32.8 Å². The smallest absolute Gasteiger partial charge is 0.243 e. The first-order chi connectivity index (χ1) is 13.4. The van der Waals surface area contributed by atoms with Crippen LogP contribution in [0.1, 0.15) is 44.7 Å². The lowest BCUT2D eigenvalue weighted by molar-refractivity contribution is -0.144. The van der Waals surface area contributed by atoms with Crippen LogP contribution in [0.4, 0.5) is 0 Å². The van der Waals surface area contributed by atoms with Gasteiger partial charge in [0.15, 0.2) is 0 Å². The molecule has 2 fully saturated rings. The van der Waals surface area contributed by atoms with Crippen LogP contribution >= 0.6 is 0 Å². The molecule has 1 N–H and O–H groups in total. The lowest BCUT2D eigenvalue weighted by atomic mass is 9.94. The van der Waals surface area contributed by atoms with E-state index in [2.05, 4.69) is 22.3 Å². The molecule has 0 aromatic heterocycles. The Labute approximate surface area is 168 Å². The van der Waals surface area contributed by atoms with Crippen LogP contribution in [0, 0.1) is 5.41 Å². The van der Waals surface area contributed by atoms with Crippen molar-refractivity contribution in [3.8, 4) is 0 Å². The molecule has 2 aliphatic rings. The van der Waals surface area contributed by atoms with Crippen molar-refractivity contribution in [3.63, 3.8) is 0 Å². The van der Waals surface area contributed by atoms with Gasteiger partial charge in [0.1, 0.15) is 6.04 Å². The number of hydrogen-bond donors (Lipinski definition) is 1. The van der Waals surface area contributed by atoms with Crippen molar-refractivity contribution in [1.82, 2.24) is 15.1 Å². The molecule has 0 radical (unpaired) electrons. The molecule has 0 spiro atoms. The predicted molar refractivity (Wildman–Crippen MR) is 109 cm³/mol. The number of nitrogens with one attached hydrogen (secondary N) is 1. The molecular formula is C22H33N3O3. The third-order valence-corrected chi connectivity index (χ3v) is 5.53. The Morgan fingerprint density at radius 2 is 1.79 bits per heavy atom. The Balaban J connectivity index is 1.60. The molecule has 0 aliphatic carbocycles. The van der Waals surface area contributed by atoms with Crippen molar-refractivity contribution < 1.29 is 14.3 Å². The van der Waals surface area contributed by atoms with Crippen LogP contribution < -0.4 is 5.32 Å². The van der Waals surface area contributed by atoms with Gasteiger partial charge in [0.25, 0.3) is 0 Å². The molecule has 1 aromatic rings. The van der Waals surface area contributed by atoms with Gasteiger partial charge in [-0.1, -0.05) is 45.0 Å². The maximum atomic E-state index is 12.8. The normalized spacial score (nSPS) is 21.0. The number of nitrogens with zero attached hydrogens (tertiary/aromatic N) is 2. The lowest BCUT2D eigenvalue weighted by Crippen LogP contribution is -2.49. The number of benzene rings is 1. The number of amides is 2. The van der Waals surface area contributed by atoms with E-state index in [1.165, 1.54) is 5.56 Å². The fourth-order valence-corrected chi connectivity index (χ4v) is 3.90. The second-order valence-electron chi connectivity index (χ2n) is 8.78. The summed E-state index contributed by atoms with van der Waals surface area (Å²) in [5.74, 6) is 0.00847. The van der Waals surface area contributed by atoms with Crippen LogP contribution in [0.25, 0.3) is 0 Å². The molecule has 1 aromatic carbocycles. The molecule has 0 saturated carbocycles. The summed E-state index contributed by atoms with van der Waals surface area (Å²) in [6.45, 7) is 11.2. The molecule has 2 aliphatic heterocycles.